The van der Waals surface area contributed by atoms with E-state index in [1.165, 1.54) is 19.8 Å². The lowest BCUT2D eigenvalue weighted by Gasteiger charge is -2.04. The molecule has 0 radical (unpaired) electrons. The Morgan fingerprint density at radius 2 is 1.71 bits per heavy atom. The van der Waals surface area contributed by atoms with Crippen LogP contribution < -0.4 is 0 Å². The van der Waals surface area contributed by atoms with Crippen LogP contribution in [-0.4, -0.2) is 16.9 Å². The van der Waals surface area contributed by atoms with Gasteiger partial charge in [0.1, 0.15) is 11.7 Å². The minimum absolute atomic E-state index is 0.144. The second-order valence-corrected chi connectivity index (χ2v) is 3.69. The SMILES string of the molecule is CCCCCCCC(=O)C(C)C(=O)O. The summed E-state index contributed by atoms with van der Waals surface area (Å²) in [6.07, 6.45) is 5.80. The highest BCUT2D eigenvalue weighted by atomic mass is 16.4. The monoisotopic (exact) mass is 200 g/mol. The number of ketones is 1. The predicted octanol–water partition coefficient (Wildman–Crippen LogP) is 2.64. The van der Waals surface area contributed by atoms with Gasteiger partial charge in [-0.25, -0.2) is 0 Å². The first-order chi connectivity index (χ1) is 6.59. The van der Waals surface area contributed by atoms with Gasteiger partial charge >= 0.3 is 5.97 Å². The van der Waals surface area contributed by atoms with Gasteiger partial charge in [-0.3, -0.25) is 9.59 Å². The number of Topliss-reactive ketones (excluding diaryl/α,β-unsaturated/α-hetero) is 1. The van der Waals surface area contributed by atoms with E-state index in [4.69, 9.17) is 5.11 Å². The van der Waals surface area contributed by atoms with Crippen LogP contribution in [0.5, 0.6) is 0 Å². The molecule has 0 saturated heterocycles. The van der Waals surface area contributed by atoms with Crippen molar-refractivity contribution >= 4 is 11.8 Å². The van der Waals surface area contributed by atoms with E-state index >= 15 is 0 Å². The third-order valence-corrected chi connectivity index (χ3v) is 2.38. The molecule has 1 atom stereocenters. The van der Waals surface area contributed by atoms with Gasteiger partial charge in [-0.1, -0.05) is 32.6 Å². The lowest BCUT2D eigenvalue weighted by Crippen LogP contribution is -2.20. The molecule has 82 valence electrons. The predicted molar refractivity (Wildman–Crippen MR) is 55.2 cm³/mol. The average molecular weight is 200 g/mol. The quantitative estimate of drug-likeness (QED) is 0.484. The van der Waals surface area contributed by atoms with Crippen LogP contribution in [0.2, 0.25) is 0 Å². The van der Waals surface area contributed by atoms with Gasteiger partial charge < -0.3 is 5.11 Å². The van der Waals surface area contributed by atoms with Gasteiger partial charge in [-0.15, -0.1) is 0 Å². The highest BCUT2D eigenvalue weighted by Gasteiger charge is 2.19. The molecule has 0 aliphatic carbocycles. The normalized spacial score (nSPS) is 12.4. The molecule has 3 heteroatoms. The van der Waals surface area contributed by atoms with Gasteiger partial charge in [0.05, 0.1) is 0 Å². The zero-order valence-corrected chi connectivity index (χ0v) is 9.08. The van der Waals surface area contributed by atoms with Crippen molar-refractivity contribution in [3.8, 4) is 0 Å². The number of hydrogen-bond acceptors (Lipinski definition) is 2. The fraction of sp³-hybridized carbons (Fsp3) is 0.818. The fourth-order valence-corrected chi connectivity index (χ4v) is 1.26. The minimum atomic E-state index is -1.01. The van der Waals surface area contributed by atoms with Crippen LogP contribution in [0.1, 0.15) is 52.4 Å². The van der Waals surface area contributed by atoms with Crippen molar-refractivity contribution < 1.29 is 14.7 Å². The standard InChI is InChI=1S/C11H20O3/c1-3-4-5-6-7-8-10(12)9(2)11(13)14/h9H,3-8H2,1-2H3,(H,13,14). The highest BCUT2D eigenvalue weighted by Crippen LogP contribution is 2.09. The molecule has 0 aromatic carbocycles. The van der Waals surface area contributed by atoms with Gasteiger partial charge in [-0.2, -0.15) is 0 Å². The highest BCUT2D eigenvalue weighted by molar-refractivity contribution is 5.97. The zero-order valence-electron chi connectivity index (χ0n) is 9.08. The van der Waals surface area contributed by atoms with E-state index in [1.54, 1.807) is 0 Å². The number of carboxylic acids is 1. The summed E-state index contributed by atoms with van der Waals surface area (Å²) in [6.45, 7) is 3.59. The molecule has 0 fully saturated rings. The van der Waals surface area contributed by atoms with Crippen molar-refractivity contribution in [2.24, 2.45) is 5.92 Å². The molecule has 1 unspecified atom stereocenters. The Labute approximate surface area is 85.5 Å². The van der Waals surface area contributed by atoms with E-state index in [9.17, 15) is 9.59 Å². The average Bonchev–Trinajstić information content (AvgIpc) is 2.16. The summed E-state index contributed by atoms with van der Waals surface area (Å²) in [5, 5.41) is 8.57. The molecular formula is C11H20O3. The molecule has 0 rings (SSSR count). The zero-order chi connectivity index (χ0) is 11.0. The summed E-state index contributed by atoms with van der Waals surface area (Å²) in [5.41, 5.74) is 0. The smallest absolute Gasteiger partial charge is 0.313 e. The first-order valence-electron chi connectivity index (χ1n) is 5.35. The third-order valence-electron chi connectivity index (χ3n) is 2.38. The Kier molecular flexibility index (Phi) is 7.07. The lowest BCUT2D eigenvalue weighted by atomic mass is 10.0. The topological polar surface area (TPSA) is 54.4 Å². The number of rotatable bonds is 8. The van der Waals surface area contributed by atoms with Crippen molar-refractivity contribution in [1.29, 1.82) is 0 Å². The van der Waals surface area contributed by atoms with Gasteiger partial charge in [0.15, 0.2) is 0 Å². The first-order valence-corrected chi connectivity index (χ1v) is 5.35. The number of unbranched alkanes of at least 4 members (excludes halogenated alkanes) is 4. The summed E-state index contributed by atoms with van der Waals surface area (Å²) in [4.78, 5) is 21.7. The third kappa shape index (κ3) is 5.73. The van der Waals surface area contributed by atoms with Gasteiger partial charge in [0.25, 0.3) is 0 Å². The van der Waals surface area contributed by atoms with E-state index in [0.717, 1.165) is 19.3 Å². The molecule has 0 saturated carbocycles. The van der Waals surface area contributed by atoms with Crippen molar-refractivity contribution in [3.63, 3.8) is 0 Å². The number of carboxylic acid groups (broad SMARTS) is 1. The second kappa shape index (κ2) is 7.54. The van der Waals surface area contributed by atoms with Crippen LogP contribution in [0, 0.1) is 5.92 Å². The Morgan fingerprint density at radius 3 is 2.21 bits per heavy atom. The van der Waals surface area contributed by atoms with Crippen LogP contribution in [0.4, 0.5) is 0 Å². The van der Waals surface area contributed by atoms with E-state index in [2.05, 4.69) is 6.92 Å². The number of hydrogen-bond donors (Lipinski definition) is 1. The molecular weight excluding hydrogens is 180 g/mol. The molecule has 0 bridgehead atoms. The molecule has 0 aromatic heterocycles. The second-order valence-electron chi connectivity index (χ2n) is 3.69. The van der Waals surface area contributed by atoms with Crippen LogP contribution in [0.3, 0.4) is 0 Å². The minimum Gasteiger partial charge on any atom is -0.481 e. The summed E-state index contributed by atoms with van der Waals surface area (Å²) >= 11 is 0. The van der Waals surface area contributed by atoms with Gasteiger partial charge in [0.2, 0.25) is 0 Å². The van der Waals surface area contributed by atoms with E-state index in [1.807, 2.05) is 0 Å². The summed E-state index contributed by atoms with van der Waals surface area (Å²) in [6, 6.07) is 0. The Bertz CT molecular complexity index is 187. The van der Waals surface area contributed by atoms with E-state index < -0.39 is 11.9 Å². The van der Waals surface area contributed by atoms with E-state index in [-0.39, 0.29) is 5.78 Å². The molecule has 0 aliphatic heterocycles. The fourth-order valence-electron chi connectivity index (χ4n) is 1.26. The molecule has 0 heterocycles. The summed E-state index contributed by atoms with van der Waals surface area (Å²) in [7, 11) is 0. The van der Waals surface area contributed by atoms with Gasteiger partial charge in [0, 0.05) is 6.42 Å². The largest absolute Gasteiger partial charge is 0.481 e. The Balaban J connectivity index is 3.49. The van der Waals surface area contributed by atoms with E-state index in [0.29, 0.717) is 6.42 Å². The van der Waals surface area contributed by atoms with Crippen molar-refractivity contribution in [2.75, 3.05) is 0 Å². The molecule has 0 amide bonds. The van der Waals surface area contributed by atoms with Crippen LogP contribution in [0.25, 0.3) is 0 Å². The van der Waals surface area contributed by atoms with Crippen molar-refractivity contribution in [3.05, 3.63) is 0 Å². The molecule has 1 N–H and O–H groups in total. The number of carbonyl (C=O) groups excluding carboxylic acids is 1. The lowest BCUT2D eigenvalue weighted by molar-refractivity contribution is -0.145. The van der Waals surface area contributed by atoms with Crippen molar-refractivity contribution in [2.45, 2.75) is 52.4 Å². The maximum Gasteiger partial charge on any atom is 0.313 e. The summed E-state index contributed by atoms with van der Waals surface area (Å²) in [5.74, 6) is -1.99. The molecule has 0 spiro atoms. The molecule has 0 aliphatic rings. The summed E-state index contributed by atoms with van der Waals surface area (Å²) < 4.78 is 0. The maximum absolute atomic E-state index is 11.2. The van der Waals surface area contributed by atoms with Crippen molar-refractivity contribution in [1.82, 2.24) is 0 Å². The Morgan fingerprint density at radius 1 is 1.14 bits per heavy atom. The van der Waals surface area contributed by atoms with Crippen LogP contribution in [-0.2, 0) is 9.59 Å². The molecule has 3 nitrogen and oxygen atoms in total. The number of carbonyl (C=O) groups is 2. The number of aliphatic carboxylic acids is 1. The van der Waals surface area contributed by atoms with Crippen LogP contribution >= 0.6 is 0 Å². The first kappa shape index (κ1) is 13.1. The van der Waals surface area contributed by atoms with Crippen LogP contribution in [0.15, 0.2) is 0 Å². The molecule has 14 heavy (non-hydrogen) atoms. The molecule has 0 aromatic rings. The van der Waals surface area contributed by atoms with Gasteiger partial charge in [-0.05, 0) is 13.3 Å². The Hall–Kier alpha value is -0.860. The maximum atomic E-state index is 11.2.